The van der Waals surface area contributed by atoms with Crippen molar-refractivity contribution in [3.8, 4) is 0 Å². The summed E-state index contributed by atoms with van der Waals surface area (Å²) in [5.74, 6) is -0.439. The van der Waals surface area contributed by atoms with E-state index in [0.717, 1.165) is 19.3 Å². The number of amides is 1. The maximum absolute atomic E-state index is 11.8. The smallest absolute Gasteiger partial charge is 0.413 e. The van der Waals surface area contributed by atoms with E-state index in [1.54, 1.807) is 32.2 Å². The lowest BCUT2D eigenvalue weighted by atomic mass is 9.86. The van der Waals surface area contributed by atoms with Crippen LogP contribution in [0.4, 0.5) is 9.93 Å². The van der Waals surface area contributed by atoms with Gasteiger partial charge in [0, 0.05) is 5.38 Å². The normalized spacial score (nSPS) is 16.5. The summed E-state index contributed by atoms with van der Waals surface area (Å²) in [6.45, 7) is 5.32. The number of aliphatic carboxylic acids is 1. The summed E-state index contributed by atoms with van der Waals surface area (Å²) in [4.78, 5) is 27.6. The van der Waals surface area contributed by atoms with Crippen LogP contribution >= 0.6 is 11.3 Å². The molecule has 0 aromatic carbocycles. The molecule has 1 aromatic rings. The predicted molar refractivity (Wildman–Crippen MR) is 98.8 cm³/mol. The molecule has 2 N–H and O–H groups in total. The van der Waals surface area contributed by atoms with Crippen LogP contribution in [0.3, 0.4) is 0 Å². The van der Waals surface area contributed by atoms with Gasteiger partial charge in [-0.25, -0.2) is 14.6 Å². The summed E-state index contributed by atoms with van der Waals surface area (Å²) < 4.78 is 5.17. The zero-order valence-corrected chi connectivity index (χ0v) is 15.8. The maximum Gasteiger partial charge on any atom is 0.413 e. The van der Waals surface area contributed by atoms with E-state index in [9.17, 15) is 14.7 Å². The van der Waals surface area contributed by atoms with Crippen LogP contribution in [-0.2, 0) is 9.53 Å². The van der Waals surface area contributed by atoms with Crippen LogP contribution in [-0.4, -0.2) is 27.8 Å². The molecule has 0 saturated heterocycles. The first-order chi connectivity index (χ1) is 11.7. The summed E-state index contributed by atoms with van der Waals surface area (Å²) in [6, 6.07) is 0. The summed E-state index contributed by atoms with van der Waals surface area (Å²) in [5, 5.41) is 14.0. The van der Waals surface area contributed by atoms with Crippen LogP contribution in [0.15, 0.2) is 11.5 Å². The van der Waals surface area contributed by atoms with Crippen molar-refractivity contribution in [2.75, 3.05) is 5.32 Å². The third-order valence-electron chi connectivity index (χ3n) is 4.00. The highest BCUT2D eigenvalue weighted by Crippen LogP contribution is 2.29. The Labute approximate surface area is 152 Å². The maximum atomic E-state index is 11.8. The molecular formula is C18H26N2O4S. The average molecular weight is 366 g/mol. The SMILES string of the molecule is CC(C)(C)OC(=O)Nc1nc(/C(=C/CC2CCCCC2)C(=O)O)cs1. The highest BCUT2D eigenvalue weighted by Gasteiger charge is 2.20. The lowest BCUT2D eigenvalue weighted by molar-refractivity contribution is -0.130. The van der Waals surface area contributed by atoms with Crippen molar-refractivity contribution in [3.63, 3.8) is 0 Å². The number of ether oxygens (including phenoxy) is 1. The molecule has 2 rings (SSSR count). The van der Waals surface area contributed by atoms with Gasteiger partial charge in [-0.15, -0.1) is 11.3 Å². The molecule has 0 aliphatic heterocycles. The van der Waals surface area contributed by atoms with Crippen LogP contribution in [0.5, 0.6) is 0 Å². The molecule has 1 saturated carbocycles. The molecule has 25 heavy (non-hydrogen) atoms. The van der Waals surface area contributed by atoms with Gasteiger partial charge in [-0.3, -0.25) is 5.32 Å². The number of aromatic nitrogens is 1. The number of nitrogens with zero attached hydrogens (tertiary/aromatic N) is 1. The molecule has 0 unspecified atom stereocenters. The largest absolute Gasteiger partial charge is 0.478 e. The van der Waals surface area contributed by atoms with Gasteiger partial charge in [0.15, 0.2) is 5.13 Å². The Hall–Kier alpha value is -1.89. The Morgan fingerprint density at radius 1 is 1.36 bits per heavy atom. The van der Waals surface area contributed by atoms with E-state index < -0.39 is 17.7 Å². The number of carbonyl (C=O) groups is 2. The molecule has 1 aliphatic rings. The van der Waals surface area contributed by atoms with Crippen LogP contribution < -0.4 is 5.32 Å². The van der Waals surface area contributed by atoms with Crippen LogP contribution in [0.2, 0.25) is 0 Å². The second kappa shape index (κ2) is 8.47. The number of rotatable bonds is 5. The number of hydrogen-bond acceptors (Lipinski definition) is 5. The summed E-state index contributed by atoms with van der Waals surface area (Å²) >= 11 is 1.18. The third-order valence-corrected chi connectivity index (χ3v) is 4.76. The number of carbonyl (C=O) groups excluding carboxylic acids is 1. The van der Waals surface area contributed by atoms with E-state index in [0.29, 0.717) is 16.7 Å². The highest BCUT2D eigenvalue weighted by molar-refractivity contribution is 7.14. The lowest BCUT2D eigenvalue weighted by Crippen LogP contribution is -2.27. The van der Waals surface area contributed by atoms with Gasteiger partial charge in [0.1, 0.15) is 5.60 Å². The first-order valence-electron chi connectivity index (χ1n) is 8.64. The van der Waals surface area contributed by atoms with Gasteiger partial charge >= 0.3 is 12.1 Å². The lowest BCUT2D eigenvalue weighted by Gasteiger charge is -2.20. The minimum Gasteiger partial charge on any atom is -0.478 e. The molecule has 7 heteroatoms. The molecule has 1 amide bonds. The Balaban J connectivity index is 2.03. The number of carboxylic acids is 1. The van der Waals surface area contributed by atoms with E-state index in [2.05, 4.69) is 10.3 Å². The van der Waals surface area contributed by atoms with Crippen LogP contribution in [0, 0.1) is 5.92 Å². The number of nitrogens with one attached hydrogen (secondary N) is 1. The Morgan fingerprint density at radius 2 is 2.04 bits per heavy atom. The highest BCUT2D eigenvalue weighted by atomic mass is 32.1. The number of carboxylic acid groups (broad SMARTS) is 1. The first-order valence-corrected chi connectivity index (χ1v) is 9.52. The average Bonchev–Trinajstić information content (AvgIpc) is 2.94. The van der Waals surface area contributed by atoms with Crippen molar-refractivity contribution < 1.29 is 19.4 Å². The summed E-state index contributed by atoms with van der Waals surface area (Å²) in [7, 11) is 0. The van der Waals surface area contributed by atoms with E-state index in [4.69, 9.17) is 4.74 Å². The van der Waals surface area contributed by atoms with E-state index in [1.807, 2.05) is 0 Å². The van der Waals surface area contributed by atoms with Crippen molar-refractivity contribution in [2.45, 2.75) is 64.9 Å². The molecule has 1 heterocycles. The topological polar surface area (TPSA) is 88.5 Å². The van der Waals surface area contributed by atoms with Gasteiger partial charge in [-0.2, -0.15) is 0 Å². The van der Waals surface area contributed by atoms with E-state index in [1.165, 1.54) is 30.6 Å². The molecule has 1 fully saturated rings. The van der Waals surface area contributed by atoms with Gasteiger partial charge in [0.2, 0.25) is 0 Å². The quantitative estimate of drug-likeness (QED) is 0.721. The monoisotopic (exact) mass is 366 g/mol. The molecule has 0 radical (unpaired) electrons. The number of hydrogen-bond donors (Lipinski definition) is 2. The fourth-order valence-corrected chi connectivity index (χ4v) is 3.55. The molecule has 1 aromatic heterocycles. The standard InChI is InChI=1S/C18H26N2O4S/c1-18(2,3)24-17(23)20-16-19-14(11-25-16)13(15(21)22)10-9-12-7-5-4-6-8-12/h10-12H,4-9H2,1-3H3,(H,21,22)(H,19,20,23)/b13-10-. The predicted octanol–water partition coefficient (Wildman–Crippen LogP) is 4.93. The Morgan fingerprint density at radius 3 is 2.64 bits per heavy atom. The molecule has 0 bridgehead atoms. The van der Waals surface area contributed by atoms with Gasteiger partial charge in [0.25, 0.3) is 0 Å². The molecule has 0 atom stereocenters. The Kier molecular flexibility index (Phi) is 6.58. The van der Waals surface area contributed by atoms with Gasteiger partial charge in [0.05, 0.1) is 11.3 Å². The van der Waals surface area contributed by atoms with Crippen LogP contribution in [0.25, 0.3) is 5.57 Å². The second-order valence-corrected chi connectivity index (χ2v) is 8.19. The summed E-state index contributed by atoms with van der Waals surface area (Å²) in [5.41, 5.74) is -0.0329. The van der Waals surface area contributed by atoms with E-state index >= 15 is 0 Å². The summed E-state index contributed by atoms with van der Waals surface area (Å²) in [6.07, 6.45) is 7.97. The Bertz CT molecular complexity index is 640. The molecule has 138 valence electrons. The third kappa shape index (κ3) is 6.49. The van der Waals surface area contributed by atoms with Crippen molar-refractivity contribution >= 4 is 34.1 Å². The minimum absolute atomic E-state index is 0.194. The van der Waals surface area contributed by atoms with Crippen LogP contribution in [0.1, 0.15) is 65.0 Å². The van der Waals surface area contributed by atoms with Crippen molar-refractivity contribution in [1.82, 2.24) is 4.98 Å². The first kappa shape index (κ1) is 19.4. The fourth-order valence-electron chi connectivity index (χ4n) is 2.85. The molecule has 0 spiro atoms. The van der Waals surface area contributed by atoms with Gasteiger partial charge < -0.3 is 9.84 Å². The second-order valence-electron chi connectivity index (χ2n) is 7.33. The van der Waals surface area contributed by atoms with E-state index in [-0.39, 0.29) is 5.57 Å². The molecule has 6 nitrogen and oxygen atoms in total. The number of anilines is 1. The van der Waals surface area contributed by atoms with Crippen molar-refractivity contribution in [1.29, 1.82) is 0 Å². The van der Waals surface area contributed by atoms with Gasteiger partial charge in [-0.1, -0.05) is 38.2 Å². The molecule has 1 aliphatic carbocycles. The van der Waals surface area contributed by atoms with Crippen molar-refractivity contribution in [3.05, 3.63) is 17.2 Å². The fraction of sp³-hybridized carbons (Fsp3) is 0.611. The van der Waals surface area contributed by atoms with Gasteiger partial charge in [-0.05, 0) is 33.1 Å². The minimum atomic E-state index is -0.995. The number of allylic oxidation sites excluding steroid dienone is 1. The molecular weight excluding hydrogens is 340 g/mol. The number of thiazole rings is 1. The zero-order valence-electron chi connectivity index (χ0n) is 15.0. The zero-order chi connectivity index (χ0) is 18.4. The van der Waals surface area contributed by atoms with Crippen molar-refractivity contribution in [2.24, 2.45) is 5.92 Å².